The third kappa shape index (κ3) is 3.16. The predicted octanol–water partition coefficient (Wildman–Crippen LogP) is 4.29. The van der Waals surface area contributed by atoms with Crippen molar-refractivity contribution in [2.24, 2.45) is 0 Å². The van der Waals surface area contributed by atoms with Crippen molar-refractivity contribution in [2.75, 3.05) is 7.11 Å². The number of rotatable bonds is 6. The van der Waals surface area contributed by atoms with Crippen molar-refractivity contribution in [3.05, 3.63) is 65.9 Å². The molecule has 4 heteroatoms. The third-order valence-electron chi connectivity index (χ3n) is 3.76. The summed E-state index contributed by atoms with van der Waals surface area (Å²) in [6.45, 7) is 0. The highest BCUT2D eigenvalue weighted by atomic mass is 16.5. The van der Waals surface area contributed by atoms with Crippen molar-refractivity contribution in [2.45, 2.75) is 12.8 Å². The number of para-hydroxylation sites is 1. The molecule has 3 aromatic rings. The van der Waals surface area contributed by atoms with Gasteiger partial charge in [0.15, 0.2) is 11.6 Å². The normalized spacial score (nSPS) is 10.7. The Morgan fingerprint density at radius 1 is 1.00 bits per heavy atom. The van der Waals surface area contributed by atoms with Crippen LogP contribution in [0.4, 0.5) is 0 Å². The van der Waals surface area contributed by atoms with E-state index >= 15 is 0 Å². The quantitative estimate of drug-likeness (QED) is 0.637. The van der Waals surface area contributed by atoms with Gasteiger partial charge in [-0.3, -0.25) is 9.59 Å². The summed E-state index contributed by atoms with van der Waals surface area (Å²) in [5.74, 6) is 0.376. The van der Waals surface area contributed by atoms with Gasteiger partial charge in [0, 0.05) is 23.8 Å². The molecule has 0 radical (unpaired) electrons. The Hall–Kier alpha value is -2.88. The van der Waals surface area contributed by atoms with Gasteiger partial charge in [0.05, 0.1) is 18.9 Å². The number of carbonyl (C=O) groups is 2. The Morgan fingerprint density at radius 3 is 2.61 bits per heavy atom. The fourth-order valence-corrected chi connectivity index (χ4v) is 2.52. The van der Waals surface area contributed by atoms with E-state index in [4.69, 9.17) is 9.15 Å². The molecular formula is C19H16O4. The maximum Gasteiger partial charge on any atom is 0.167 e. The topological polar surface area (TPSA) is 56.5 Å². The number of ketones is 2. The molecule has 3 rings (SSSR count). The summed E-state index contributed by atoms with van der Waals surface area (Å²) in [6.07, 6.45) is 1.91. The highest BCUT2D eigenvalue weighted by Gasteiger charge is 2.14. The average molecular weight is 308 g/mol. The molecule has 2 aromatic carbocycles. The molecule has 0 aliphatic carbocycles. The number of carbonyl (C=O) groups excluding carboxylic acids is 2. The first-order valence-corrected chi connectivity index (χ1v) is 7.35. The minimum absolute atomic E-state index is 0.0589. The minimum Gasteiger partial charge on any atom is -0.496 e. The Kier molecular flexibility index (Phi) is 4.24. The van der Waals surface area contributed by atoms with Gasteiger partial charge < -0.3 is 9.15 Å². The SMILES string of the molecule is COc1ccccc1C(=O)CCC(=O)c1ccc2occc2c1. The van der Waals surface area contributed by atoms with Gasteiger partial charge in [0.2, 0.25) is 0 Å². The van der Waals surface area contributed by atoms with Crippen LogP contribution < -0.4 is 4.74 Å². The molecule has 0 spiro atoms. The van der Waals surface area contributed by atoms with Crippen LogP contribution in [0, 0.1) is 0 Å². The molecule has 116 valence electrons. The van der Waals surface area contributed by atoms with E-state index in [2.05, 4.69) is 0 Å². The fraction of sp³-hybridized carbons (Fsp3) is 0.158. The van der Waals surface area contributed by atoms with Crippen molar-refractivity contribution in [3.63, 3.8) is 0 Å². The van der Waals surface area contributed by atoms with E-state index in [1.165, 1.54) is 7.11 Å². The smallest absolute Gasteiger partial charge is 0.167 e. The summed E-state index contributed by atoms with van der Waals surface area (Å²) >= 11 is 0. The maximum atomic E-state index is 12.3. The van der Waals surface area contributed by atoms with Gasteiger partial charge in [-0.2, -0.15) is 0 Å². The molecule has 0 bridgehead atoms. The zero-order valence-corrected chi connectivity index (χ0v) is 12.7. The molecule has 1 aromatic heterocycles. The molecule has 4 nitrogen and oxygen atoms in total. The highest BCUT2D eigenvalue weighted by Crippen LogP contribution is 2.21. The largest absolute Gasteiger partial charge is 0.496 e. The predicted molar refractivity (Wildman–Crippen MR) is 87.1 cm³/mol. The van der Waals surface area contributed by atoms with Crippen LogP contribution in [0.15, 0.2) is 59.2 Å². The fourth-order valence-electron chi connectivity index (χ4n) is 2.52. The van der Waals surface area contributed by atoms with Crippen LogP contribution in [0.25, 0.3) is 11.0 Å². The number of Topliss-reactive ketones (excluding diaryl/α,β-unsaturated/α-hetero) is 2. The lowest BCUT2D eigenvalue weighted by molar-refractivity contribution is 0.0916. The Morgan fingerprint density at radius 2 is 1.78 bits per heavy atom. The number of ether oxygens (including phenoxy) is 1. The molecule has 0 N–H and O–H groups in total. The van der Waals surface area contributed by atoms with Gasteiger partial charge in [0.1, 0.15) is 11.3 Å². The van der Waals surface area contributed by atoms with E-state index in [9.17, 15) is 9.59 Å². The first kappa shape index (κ1) is 15.0. The third-order valence-corrected chi connectivity index (χ3v) is 3.76. The average Bonchev–Trinajstić information content (AvgIpc) is 3.06. The van der Waals surface area contributed by atoms with Crippen LogP contribution in [0.5, 0.6) is 5.75 Å². The number of methoxy groups -OCH3 is 1. The highest BCUT2D eigenvalue weighted by molar-refractivity contribution is 6.04. The minimum atomic E-state index is -0.0970. The Bertz CT molecular complexity index is 860. The van der Waals surface area contributed by atoms with Crippen molar-refractivity contribution < 1.29 is 18.7 Å². The molecule has 0 fully saturated rings. The van der Waals surface area contributed by atoms with Gasteiger partial charge in [-0.05, 0) is 36.4 Å². The van der Waals surface area contributed by atoms with Gasteiger partial charge in [-0.25, -0.2) is 0 Å². The lowest BCUT2D eigenvalue weighted by Crippen LogP contribution is -2.06. The molecule has 23 heavy (non-hydrogen) atoms. The second-order valence-electron chi connectivity index (χ2n) is 5.22. The second kappa shape index (κ2) is 6.48. The first-order valence-electron chi connectivity index (χ1n) is 7.35. The summed E-state index contributed by atoms with van der Waals surface area (Å²) in [6, 6.07) is 14.1. The number of hydrogen-bond acceptors (Lipinski definition) is 4. The molecule has 0 aliphatic heterocycles. The maximum absolute atomic E-state index is 12.3. The number of benzene rings is 2. The van der Waals surface area contributed by atoms with Crippen molar-refractivity contribution in [1.82, 2.24) is 0 Å². The van der Waals surface area contributed by atoms with Gasteiger partial charge in [-0.15, -0.1) is 0 Å². The monoisotopic (exact) mass is 308 g/mol. The van der Waals surface area contributed by atoms with E-state index in [1.807, 2.05) is 6.07 Å². The standard InChI is InChI=1S/C19H16O4/c1-22-19-5-3-2-4-15(19)17(21)8-7-16(20)13-6-9-18-14(12-13)10-11-23-18/h2-6,9-12H,7-8H2,1H3. The molecule has 0 amide bonds. The summed E-state index contributed by atoms with van der Waals surface area (Å²) in [4.78, 5) is 24.6. The summed E-state index contributed by atoms with van der Waals surface area (Å²) in [7, 11) is 1.53. The van der Waals surface area contributed by atoms with E-state index in [-0.39, 0.29) is 24.4 Å². The van der Waals surface area contributed by atoms with E-state index in [1.54, 1.807) is 48.7 Å². The summed E-state index contributed by atoms with van der Waals surface area (Å²) in [5, 5.41) is 0.881. The number of hydrogen-bond donors (Lipinski definition) is 0. The van der Waals surface area contributed by atoms with Crippen molar-refractivity contribution >= 4 is 22.5 Å². The Balaban J connectivity index is 1.69. The summed E-state index contributed by atoms with van der Waals surface area (Å²) < 4.78 is 10.4. The second-order valence-corrected chi connectivity index (χ2v) is 5.22. The van der Waals surface area contributed by atoms with Gasteiger partial charge >= 0.3 is 0 Å². The van der Waals surface area contributed by atoms with Crippen LogP contribution in [-0.2, 0) is 0 Å². The molecule has 0 atom stereocenters. The molecular weight excluding hydrogens is 292 g/mol. The van der Waals surface area contributed by atoms with Crippen LogP contribution in [0.3, 0.4) is 0 Å². The molecule has 0 aliphatic rings. The molecule has 0 saturated heterocycles. The van der Waals surface area contributed by atoms with Gasteiger partial charge in [0.25, 0.3) is 0 Å². The number of furan rings is 1. The van der Waals surface area contributed by atoms with Crippen molar-refractivity contribution in [1.29, 1.82) is 0 Å². The summed E-state index contributed by atoms with van der Waals surface area (Å²) in [5.41, 5.74) is 1.84. The first-order chi connectivity index (χ1) is 11.2. The van der Waals surface area contributed by atoms with Crippen LogP contribution >= 0.6 is 0 Å². The van der Waals surface area contributed by atoms with Crippen molar-refractivity contribution in [3.8, 4) is 5.75 Å². The zero-order chi connectivity index (χ0) is 16.2. The van der Waals surface area contributed by atoms with Crippen LogP contribution in [-0.4, -0.2) is 18.7 Å². The van der Waals surface area contributed by atoms with E-state index in [0.29, 0.717) is 16.9 Å². The Labute approximate surface area is 133 Å². The van der Waals surface area contributed by atoms with Gasteiger partial charge in [-0.1, -0.05) is 12.1 Å². The van der Waals surface area contributed by atoms with E-state index < -0.39 is 0 Å². The van der Waals surface area contributed by atoms with Crippen LogP contribution in [0.2, 0.25) is 0 Å². The number of fused-ring (bicyclic) bond motifs is 1. The lowest BCUT2D eigenvalue weighted by atomic mass is 10.0. The van der Waals surface area contributed by atoms with Crippen LogP contribution in [0.1, 0.15) is 33.6 Å². The molecule has 0 unspecified atom stereocenters. The molecule has 1 heterocycles. The molecule has 0 saturated carbocycles. The zero-order valence-electron chi connectivity index (χ0n) is 12.7. The van der Waals surface area contributed by atoms with E-state index in [0.717, 1.165) is 11.0 Å². The lowest BCUT2D eigenvalue weighted by Gasteiger charge is -2.07.